The summed E-state index contributed by atoms with van der Waals surface area (Å²) in [5, 5.41) is 3.12. The number of benzene rings is 3. The van der Waals surface area contributed by atoms with Crippen LogP contribution in [0.15, 0.2) is 66.7 Å². The third-order valence-corrected chi connectivity index (χ3v) is 6.90. The largest absolute Gasteiger partial charge is 0.494 e. The molecule has 0 saturated heterocycles. The van der Waals surface area contributed by atoms with E-state index in [4.69, 9.17) is 9.47 Å². The zero-order valence-electron chi connectivity index (χ0n) is 24.5. The predicted octanol–water partition coefficient (Wildman–Crippen LogP) is 6.48. The molecule has 226 valence electrons. The van der Waals surface area contributed by atoms with Gasteiger partial charge in [-0.2, -0.15) is 0 Å². The number of unbranched alkanes of at least 4 members (excludes halogenated alkanes) is 5. The number of carbonyl (C=O) groups is 2. The highest BCUT2D eigenvalue weighted by atomic mass is 19.2. The highest BCUT2D eigenvalue weighted by Crippen LogP contribution is 2.21. The van der Waals surface area contributed by atoms with Crippen LogP contribution in [0.2, 0.25) is 0 Å². The number of halogens is 3. The quantitative estimate of drug-likeness (QED) is 0.0688. The minimum Gasteiger partial charge on any atom is -0.494 e. The molecule has 0 fully saturated rings. The van der Waals surface area contributed by atoms with Gasteiger partial charge >= 0.3 is 5.97 Å². The van der Waals surface area contributed by atoms with Gasteiger partial charge in [-0.25, -0.2) is 18.0 Å². The molecule has 0 radical (unpaired) electrons. The Morgan fingerprint density at radius 3 is 1.98 bits per heavy atom. The van der Waals surface area contributed by atoms with Crippen molar-refractivity contribution >= 4 is 11.9 Å². The lowest BCUT2D eigenvalue weighted by atomic mass is 10.0. The van der Waals surface area contributed by atoms with E-state index < -0.39 is 29.0 Å². The van der Waals surface area contributed by atoms with Gasteiger partial charge < -0.3 is 19.3 Å². The van der Waals surface area contributed by atoms with E-state index in [0.717, 1.165) is 44.1 Å². The number of carbonyl (C=O) groups excluding carboxylic acids is 2. The number of nitrogens with one attached hydrogen (secondary N) is 1. The van der Waals surface area contributed by atoms with Crippen LogP contribution in [0.4, 0.5) is 13.2 Å². The molecule has 1 N–H and O–H groups in total. The van der Waals surface area contributed by atoms with Crippen molar-refractivity contribution in [1.82, 2.24) is 5.32 Å². The summed E-state index contributed by atoms with van der Waals surface area (Å²) in [5.74, 6) is -4.70. The van der Waals surface area contributed by atoms with Crippen molar-refractivity contribution in [3.63, 3.8) is 0 Å². The molecule has 1 amide bonds. The van der Waals surface area contributed by atoms with Crippen molar-refractivity contribution in [3.8, 4) is 11.5 Å². The number of nitrogens with zero attached hydrogens (tertiary/aromatic N) is 1. The Labute approximate surface area is 246 Å². The third kappa shape index (κ3) is 10.5. The summed E-state index contributed by atoms with van der Waals surface area (Å²) in [6.07, 6.45) is 6.77. The SMILES string of the molecule is C[N+](C)(C)C(Cc1ccccc1)C(=O)NCCCCCCCCOc1ccc(OC(=O)c2cc(F)c(F)c(F)c2)cc1. The molecule has 0 aliphatic rings. The van der Waals surface area contributed by atoms with Gasteiger partial charge in [0, 0.05) is 13.0 Å². The van der Waals surface area contributed by atoms with E-state index in [1.165, 1.54) is 12.1 Å². The molecule has 0 aliphatic heterocycles. The van der Waals surface area contributed by atoms with Gasteiger partial charge in [-0.15, -0.1) is 0 Å². The Bertz CT molecular complexity index is 1270. The molecule has 6 nitrogen and oxygen atoms in total. The summed E-state index contributed by atoms with van der Waals surface area (Å²) in [6, 6.07) is 17.4. The maximum absolute atomic E-state index is 13.3. The molecule has 42 heavy (non-hydrogen) atoms. The fourth-order valence-corrected chi connectivity index (χ4v) is 4.45. The van der Waals surface area contributed by atoms with E-state index in [-0.39, 0.29) is 17.7 Å². The van der Waals surface area contributed by atoms with Crippen molar-refractivity contribution < 1.29 is 36.7 Å². The number of quaternary nitrogens is 1. The Hall–Kier alpha value is -3.85. The van der Waals surface area contributed by atoms with Gasteiger partial charge in [-0.3, -0.25) is 4.79 Å². The number of likely N-dealkylation sites (N-methyl/N-ethyl adjacent to an activating group) is 1. The van der Waals surface area contributed by atoms with E-state index in [9.17, 15) is 22.8 Å². The van der Waals surface area contributed by atoms with Gasteiger partial charge in [-0.1, -0.05) is 56.0 Å². The van der Waals surface area contributed by atoms with Crippen molar-refractivity contribution in [2.45, 2.75) is 51.0 Å². The summed E-state index contributed by atoms with van der Waals surface area (Å²) >= 11 is 0. The molecule has 3 aromatic carbocycles. The minimum atomic E-state index is -1.64. The maximum Gasteiger partial charge on any atom is 0.343 e. The lowest BCUT2D eigenvalue weighted by Crippen LogP contribution is -2.55. The molecule has 1 unspecified atom stereocenters. The van der Waals surface area contributed by atoms with Gasteiger partial charge in [0.15, 0.2) is 23.5 Å². The van der Waals surface area contributed by atoms with Crippen LogP contribution >= 0.6 is 0 Å². The minimum absolute atomic E-state index is 0.0911. The molecule has 0 bridgehead atoms. The molecule has 0 aromatic heterocycles. The molecular weight excluding hydrogens is 545 g/mol. The first kappa shape index (κ1) is 32.7. The lowest BCUT2D eigenvalue weighted by Gasteiger charge is -2.33. The molecule has 0 spiro atoms. The summed E-state index contributed by atoms with van der Waals surface area (Å²) in [6.45, 7) is 1.22. The summed E-state index contributed by atoms with van der Waals surface area (Å²) in [4.78, 5) is 25.0. The summed E-state index contributed by atoms with van der Waals surface area (Å²) in [5.41, 5.74) is 0.733. The molecule has 0 saturated carbocycles. The van der Waals surface area contributed by atoms with Crippen LogP contribution in [0, 0.1) is 17.5 Å². The van der Waals surface area contributed by atoms with E-state index >= 15 is 0 Å². The highest BCUT2D eigenvalue weighted by molar-refractivity contribution is 5.91. The van der Waals surface area contributed by atoms with Gasteiger partial charge in [0.25, 0.3) is 5.91 Å². The zero-order chi connectivity index (χ0) is 30.5. The molecule has 9 heteroatoms. The molecular formula is C33H40F3N2O4+. The zero-order valence-corrected chi connectivity index (χ0v) is 24.5. The Balaban J connectivity index is 1.26. The average molecular weight is 586 g/mol. The van der Waals surface area contributed by atoms with Crippen molar-refractivity contribution in [1.29, 1.82) is 0 Å². The van der Waals surface area contributed by atoms with E-state index in [1.807, 2.05) is 18.2 Å². The molecule has 3 rings (SSSR count). The first-order valence-electron chi connectivity index (χ1n) is 14.3. The lowest BCUT2D eigenvalue weighted by molar-refractivity contribution is -0.886. The predicted molar refractivity (Wildman–Crippen MR) is 156 cm³/mol. The van der Waals surface area contributed by atoms with E-state index in [2.05, 4.69) is 38.6 Å². The summed E-state index contributed by atoms with van der Waals surface area (Å²) < 4.78 is 51.2. The Morgan fingerprint density at radius 1 is 0.786 bits per heavy atom. The molecule has 0 heterocycles. The second-order valence-corrected chi connectivity index (χ2v) is 11.2. The number of rotatable bonds is 16. The van der Waals surface area contributed by atoms with Crippen LogP contribution < -0.4 is 14.8 Å². The number of ether oxygens (including phenoxy) is 2. The van der Waals surface area contributed by atoms with Gasteiger partial charge in [0.05, 0.1) is 33.3 Å². The standard InChI is InChI=1S/C33H39F3N2O4/c1-38(2,3)30(21-24-13-9-8-10-14-24)32(39)37-19-11-6-4-5-7-12-20-41-26-15-17-27(18-16-26)42-33(40)25-22-28(34)31(36)29(35)23-25/h8-10,13-18,22-23,30H,4-7,11-12,19-21H2,1-3H3/p+1. The van der Waals surface area contributed by atoms with Crippen LogP contribution in [0.1, 0.15) is 54.4 Å². The first-order valence-corrected chi connectivity index (χ1v) is 14.3. The van der Waals surface area contributed by atoms with Gasteiger partial charge in [0.2, 0.25) is 0 Å². The van der Waals surface area contributed by atoms with Crippen LogP contribution in [-0.2, 0) is 11.2 Å². The smallest absolute Gasteiger partial charge is 0.343 e. The second kappa shape index (κ2) is 16.0. The summed E-state index contributed by atoms with van der Waals surface area (Å²) in [7, 11) is 6.15. The number of esters is 1. The molecule has 3 aromatic rings. The monoisotopic (exact) mass is 585 g/mol. The van der Waals surface area contributed by atoms with Gasteiger partial charge in [0.1, 0.15) is 11.5 Å². The normalized spacial score (nSPS) is 12.0. The Kier molecular flexibility index (Phi) is 12.4. The van der Waals surface area contributed by atoms with Crippen LogP contribution in [0.25, 0.3) is 0 Å². The maximum atomic E-state index is 13.3. The Morgan fingerprint density at radius 2 is 1.36 bits per heavy atom. The number of hydrogen-bond donors (Lipinski definition) is 1. The van der Waals surface area contributed by atoms with Crippen molar-refractivity contribution in [2.75, 3.05) is 34.3 Å². The van der Waals surface area contributed by atoms with Crippen molar-refractivity contribution in [3.05, 3.63) is 95.3 Å². The van der Waals surface area contributed by atoms with Crippen LogP contribution in [-0.4, -0.2) is 56.7 Å². The first-order chi connectivity index (χ1) is 20.0. The van der Waals surface area contributed by atoms with Gasteiger partial charge in [-0.05, 0) is 54.8 Å². The van der Waals surface area contributed by atoms with E-state index in [1.54, 1.807) is 12.1 Å². The fourth-order valence-electron chi connectivity index (χ4n) is 4.45. The second-order valence-electron chi connectivity index (χ2n) is 11.2. The average Bonchev–Trinajstić information content (AvgIpc) is 2.96. The third-order valence-electron chi connectivity index (χ3n) is 6.90. The van der Waals surface area contributed by atoms with E-state index in [0.29, 0.717) is 41.9 Å². The fraction of sp³-hybridized carbons (Fsp3) is 0.394. The molecule has 0 aliphatic carbocycles. The highest BCUT2D eigenvalue weighted by Gasteiger charge is 2.31. The van der Waals surface area contributed by atoms with Crippen LogP contribution in [0.3, 0.4) is 0 Å². The number of hydrogen-bond acceptors (Lipinski definition) is 4. The molecule has 1 atom stereocenters. The van der Waals surface area contributed by atoms with Crippen LogP contribution in [0.5, 0.6) is 11.5 Å². The number of amides is 1. The van der Waals surface area contributed by atoms with Crippen molar-refractivity contribution in [2.24, 2.45) is 0 Å². The topological polar surface area (TPSA) is 64.6 Å².